The topological polar surface area (TPSA) is 107 Å². The highest BCUT2D eigenvalue weighted by atomic mass is 16.4. The molecule has 0 saturated carbocycles. The summed E-state index contributed by atoms with van der Waals surface area (Å²) in [6.45, 7) is 3.65. The highest BCUT2D eigenvalue weighted by Crippen LogP contribution is 2.12. The lowest BCUT2D eigenvalue weighted by molar-refractivity contribution is -0.146. The van der Waals surface area contributed by atoms with Crippen LogP contribution in [0.5, 0.6) is 0 Å². The second kappa shape index (κ2) is 6.04. The van der Waals surface area contributed by atoms with Crippen LogP contribution in [-0.2, 0) is 11.2 Å². The summed E-state index contributed by atoms with van der Waals surface area (Å²) in [7, 11) is 0. The van der Waals surface area contributed by atoms with Gasteiger partial charge in [0.25, 0.3) is 0 Å². The Morgan fingerprint density at radius 1 is 1.44 bits per heavy atom. The molecule has 0 fully saturated rings. The number of nitrogens with zero attached hydrogens (tertiary/aromatic N) is 1. The molecule has 0 aliphatic heterocycles. The van der Waals surface area contributed by atoms with Gasteiger partial charge in [-0.1, -0.05) is 0 Å². The number of aromatic nitrogens is 2. The van der Waals surface area contributed by atoms with Gasteiger partial charge in [0, 0.05) is 31.4 Å². The van der Waals surface area contributed by atoms with E-state index in [-0.39, 0.29) is 12.6 Å². The Morgan fingerprint density at radius 2 is 2.17 bits per heavy atom. The molecule has 7 heteroatoms. The van der Waals surface area contributed by atoms with E-state index in [1.807, 2.05) is 0 Å². The van der Waals surface area contributed by atoms with Crippen LogP contribution in [0.2, 0.25) is 0 Å². The minimum Gasteiger partial charge on any atom is -0.481 e. The van der Waals surface area contributed by atoms with Crippen molar-refractivity contribution < 1.29 is 14.7 Å². The van der Waals surface area contributed by atoms with Crippen molar-refractivity contribution in [3.05, 3.63) is 18.2 Å². The molecule has 0 aromatic carbocycles. The van der Waals surface area contributed by atoms with Crippen LogP contribution >= 0.6 is 0 Å². The molecule has 100 valence electrons. The molecule has 1 aromatic heterocycles. The van der Waals surface area contributed by atoms with Crippen molar-refractivity contribution >= 4 is 12.0 Å². The number of hydrogen-bond acceptors (Lipinski definition) is 3. The van der Waals surface area contributed by atoms with E-state index in [2.05, 4.69) is 20.6 Å². The average molecular weight is 254 g/mol. The maximum absolute atomic E-state index is 11.4. The summed E-state index contributed by atoms with van der Waals surface area (Å²) in [6, 6.07) is -0.371. The van der Waals surface area contributed by atoms with Crippen LogP contribution in [0.4, 0.5) is 4.79 Å². The number of carboxylic acid groups (broad SMARTS) is 1. The fourth-order valence-electron chi connectivity index (χ4n) is 1.17. The van der Waals surface area contributed by atoms with Gasteiger partial charge in [-0.05, 0) is 13.8 Å². The molecule has 0 spiro atoms. The summed E-state index contributed by atoms with van der Waals surface area (Å²) in [4.78, 5) is 29.0. The second-order valence-corrected chi connectivity index (χ2v) is 4.63. The summed E-state index contributed by atoms with van der Waals surface area (Å²) < 4.78 is 0. The van der Waals surface area contributed by atoms with E-state index < -0.39 is 11.4 Å². The van der Waals surface area contributed by atoms with Crippen molar-refractivity contribution in [2.24, 2.45) is 5.41 Å². The van der Waals surface area contributed by atoms with E-state index in [1.165, 1.54) is 0 Å². The zero-order valence-electron chi connectivity index (χ0n) is 10.5. The number of amides is 2. The molecule has 0 bridgehead atoms. The maximum atomic E-state index is 11.4. The average Bonchev–Trinajstić information content (AvgIpc) is 2.79. The van der Waals surface area contributed by atoms with Crippen LogP contribution in [0.25, 0.3) is 0 Å². The van der Waals surface area contributed by atoms with Gasteiger partial charge in [0.2, 0.25) is 0 Å². The molecule has 1 rings (SSSR count). The number of H-pyrrole nitrogens is 1. The number of carbonyl (C=O) groups is 2. The molecule has 0 unspecified atom stereocenters. The van der Waals surface area contributed by atoms with E-state index in [9.17, 15) is 9.59 Å². The van der Waals surface area contributed by atoms with E-state index in [1.54, 1.807) is 26.4 Å². The summed E-state index contributed by atoms with van der Waals surface area (Å²) in [5.41, 5.74) is -0.0399. The van der Waals surface area contributed by atoms with E-state index >= 15 is 0 Å². The molecule has 2 amide bonds. The molecule has 0 radical (unpaired) electrons. The van der Waals surface area contributed by atoms with Crippen LogP contribution in [-0.4, -0.2) is 40.2 Å². The lowest BCUT2D eigenvalue weighted by Gasteiger charge is -2.19. The normalized spacial score (nSPS) is 11.0. The van der Waals surface area contributed by atoms with Crippen LogP contribution < -0.4 is 10.6 Å². The number of rotatable bonds is 6. The van der Waals surface area contributed by atoms with Crippen molar-refractivity contribution in [3.63, 3.8) is 0 Å². The van der Waals surface area contributed by atoms with Gasteiger partial charge in [-0.15, -0.1) is 0 Å². The van der Waals surface area contributed by atoms with Crippen LogP contribution in [0.15, 0.2) is 12.5 Å². The number of carbonyl (C=O) groups excluding carboxylic acids is 1. The first-order valence-corrected chi connectivity index (χ1v) is 5.64. The molecule has 4 N–H and O–H groups in total. The molecule has 0 aliphatic rings. The molecule has 1 heterocycles. The number of nitrogens with one attached hydrogen (secondary N) is 3. The van der Waals surface area contributed by atoms with Crippen LogP contribution in [0, 0.1) is 5.41 Å². The Labute approximate surface area is 105 Å². The number of imidazole rings is 1. The lowest BCUT2D eigenvalue weighted by atomic mass is 9.94. The zero-order valence-corrected chi connectivity index (χ0v) is 10.5. The van der Waals surface area contributed by atoms with Gasteiger partial charge < -0.3 is 20.7 Å². The SMILES string of the molecule is CC(C)(CNC(=O)NCCc1cnc[nH]1)C(=O)O. The monoisotopic (exact) mass is 254 g/mol. The number of aromatic amines is 1. The third-order valence-electron chi connectivity index (χ3n) is 2.50. The summed E-state index contributed by atoms with van der Waals surface area (Å²) >= 11 is 0. The van der Waals surface area contributed by atoms with Crippen molar-refractivity contribution in [3.8, 4) is 0 Å². The molecule has 18 heavy (non-hydrogen) atoms. The predicted molar refractivity (Wildman–Crippen MR) is 65.1 cm³/mol. The molecule has 1 aromatic rings. The second-order valence-electron chi connectivity index (χ2n) is 4.63. The van der Waals surface area contributed by atoms with Gasteiger partial charge in [0.15, 0.2) is 0 Å². The van der Waals surface area contributed by atoms with Crippen molar-refractivity contribution in [2.45, 2.75) is 20.3 Å². The number of carboxylic acids is 1. The van der Waals surface area contributed by atoms with E-state index in [0.29, 0.717) is 13.0 Å². The van der Waals surface area contributed by atoms with Gasteiger partial charge in [-0.3, -0.25) is 4.79 Å². The first kappa shape index (κ1) is 14.0. The molecular weight excluding hydrogens is 236 g/mol. The number of hydrogen-bond donors (Lipinski definition) is 4. The summed E-state index contributed by atoms with van der Waals surface area (Å²) in [6.07, 6.45) is 3.91. The molecular formula is C11H18N4O3. The minimum atomic E-state index is -0.972. The Balaban J connectivity index is 2.20. The minimum absolute atomic E-state index is 0.0816. The van der Waals surface area contributed by atoms with E-state index in [4.69, 9.17) is 5.11 Å². The molecule has 0 atom stereocenters. The largest absolute Gasteiger partial charge is 0.481 e. The third kappa shape index (κ3) is 4.44. The first-order chi connectivity index (χ1) is 8.42. The Kier molecular flexibility index (Phi) is 4.70. The highest BCUT2D eigenvalue weighted by molar-refractivity contribution is 5.77. The van der Waals surface area contributed by atoms with Gasteiger partial charge in [-0.2, -0.15) is 0 Å². The molecule has 0 saturated heterocycles. The third-order valence-corrected chi connectivity index (χ3v) is 2.50. The summed E-state index contributed by atoms with van der Waals surface area (Å²) in [5, 5.41) is 14.0. The number of aliphatic carboxylic acids is 1. The van der Waals surface area contributed by atoms with Gasteiger partial charge >= 0.3 is 12.0 Å². The fourth-order valence-corrected chi connectivity index (χ4v) is 1.17. The molecule has 0 aliphatic carbocycles. The first-order valence-electron chi connectivity index (χ1n) is 5.64. The van der Waals surface area contributed by atoms with Gasteiger partial charge in [-0.25, -0.2) is 9.78 Å². The van der Waals surface area contributed by atoms with Crippen molar-refractivity contribution in [1.29, 1.82) is 0 Å². The Morgan fingerprint density at radius 3 is 2.72 bits per heavy atom. The lowest BCUT2D eigenvalue weighted by Crippen LogP contribution is -2.43. The quantitative estimate of drug-likeness (QED) is 0.588. The fraction of sp³-hybridized carbons (Fsp3) is 0.545. The van der Waals surface area contributed by atoms with Crippen molar-refractivity contribution in [2.75, 3.05) is 13.1 Å². The smallest absolute Gasteiger partial charge is 0.314 e. The van der Waals surface area contributed by atoms with Crippen LogP contribution in [0.1, 0.15) is 19.5 Å². The predicted octanol–water partition coefficient (Wildman–Crippen LogP) is 0.362. The molecule has 7 nitrogen and oxygen atoms in total. The standard InChI is InChI=1S/C11H18N4O3/c1-11(2,9(16)17)6-14-10(18)13-4-3-8-5-12-7-15-8/h5,7H,3-4,6H2,1-2H3,(H,12,15)(H,16,17)(H2,13,14,18). The van der Waals surface area contributed by atoms with Crippen LogP contribution in [0.3, 0.4) is 0 Å². The highest BCUT2D eigenvalue weighted by Gasteiger charge is 2.27. The zero-order chi connectivity index (χ0) is 13.6. The van der Waals surface area contributed by atoms with Gasteiger partial charge in [0.05, 0.1) is 11.7 Å². The van der Waals surface area contributed by atoms with E-state index in [0.717, 1.165) is 5.69 Å². The van der Waals surface area contributed by atoms with Gasteiger partial charge in [0.1, 0.15) is 0 Å². The maximum Gasteiger partial charge on any atom is 0.314 e. The Hall–Kier alpha value is -2.05. The Bertz CT molecular complexity index is 400. The van der Waals surface area contributed by atoms with Crippen molar-refractivity contribution in [1.82, 2.24) is 20.6 Å². The number of urea groups is 1. The summed E-state index contributed by atoms with van der Waals surface area (Å²) in [5.74, 6) is -0.944.